The van der Waals surface area contributed by atoms with Crippen LogP contribution in [0.3, 0.4) is 0 Å². The van der Waals surface area contributed by atoms with Gasteiger partial charge in [-0.2, -0.15) is 0 Å². The molecule has 1 atom stereocenters. The molecule has 0 radical (unpaired) electrons. The minimum absolute atomic E-state index is 0.00576. The van der Waals surface area contributed by atoms with Crippen LogP contribution >= 0.6 is 34.2 Å². The van der Waals surface area contributed by atoms with E-state index in [4.69, 9.17) is 16.3 Å². The van der Waals surface area contributed by atoms with E-state index in [0.29, 0.717) is 11.6 Å². The van der Waals surface area contributed by atoms with Crippen LogP contribution in [0.2, 0.25) is 5.02 Å². The molecule has 1 amide bonds. The molecule has 1 saturated heterocycles. The number of alkyl halides is 1. The number of ether oxygens (including phenoxy) is 1. The second-order valence-electron chi connectivity index (χ2n) is 3.25. The van der Waals surface area contributed by atoms with Crippen LogP contribution in [0.25, 0.3) is 0 Å². The molecule has 1 heterocycles. The Kier molecular flexibility index (Phi) is 3.35. The number of nitrogens with zero attached hydrogens (tertiary/aromatic N) is 1. The fourth-order valence-corrected chi connectivity index (χ4v) is 2.02. The maximum Gasteiger partial charge on any atom is 0.414 e. The normalized spacial score (nSPS) is 20.5. The summed E-state index contributed by atoms with van der Waals surface area (Å²) in [6.45, 7) is 0.614. The molecular weight excluding hydrogens is 328 g/mol. The second kappa shape index (κ2) is 4.57. The van der Waals surface area contributed by atoms with Crippen LogP contribution in [-0.2, 0) is 4.74 Å². The van der Waals surface area contributed by atoms with Crippen LogP contribution in [0.4, 0.5) is 10.5 Å². The molecule has 2 rings (SSSR count). The van der Waals surface area contributed by atoms with Gasteiger partial charge in [0.15, 0.2) is 0 Å². The lowest BCUT2D eigenvalue weighted by Gasteiger charge is -2.12. The molecule has 0 N–H and O–H groups in total. The highest BCUT2D eigenvalue weighted by molar-refractivity contribution is 14.1. The zero-order valence-electron chi connectivity index (χ0n) is 7.82. The molecule has 3 nitrogen and oxygen atoms in total. The predicted octanol–water partition coefficient (Wildman–Crippen LogP) is 3.10. The molecule has 1 aliphatic rings. The number of halogens is 2. The summed E-state index contributed by atoms with van der Waals surface area (Å²) < 4.78 is 5.97. The molecule has 0 aromatic heterocycles. The molecule has 0 saturated carbocycles. The Morgan fingerprint density at radius 3 is 2.67 bits per heavy atom. The van der Waals surface area contributed by atoms with Crippen molar-refractivity contribution in [3.05, 3.63) is 29.3 Å². The number of amides is 1. The van der Waals surface area contributed by atoms with E-state index in [0.717, 1.165) is 10.1 Å². The summed E-state index contributed by atoms with van der Waals surface area (Å²) in [6, 6.07) is 7.17. The predicted molar refractivity (Wildman–Crippen MR) is 68.0 cm³/mol. The molecule has 1 unspecified atom stereocenters. The number of carbonyl (C=O) groups excluding carboxylic acids is 1. The Balaban J connectivity index is 2.18. The Morgan fingerprint density at radius 2 is 2.13 bits per heavy atom. The number of anilines is 1. The highest BCUT2D eigenvalue weighted by Crippen LogP contribution is 2.23. The Morgan fingerprint density at radius 1 is 1.47 bits per heavy atom. The molecular formula is C10H9ClINO2. The monoisotopic (exact) mass is 337 g/mol. The van der Waals surface area contributed by atoms with E-state index in [2.05, 4.69) is 22.6 Å². The van der Waals surface area contributed by atoms with Crippen LogP contribution in [-0.4, -0.2) is 23.2 Å². The van der Waals surface area contributed by atoms with Crippen LogP contribution in [0.15, 0.2) is 24.3 Å². The molecule has 1 aliphatic heterocycles. The molecule has 0 aliphatic carbocycles. The lowest BCUT2D eigenvalue weighted by atomic mass is 10.3. The van der Waals surface area contributed by atoms with Gasteiger partial charge in [-0.15, -0.1) is 0 Å². The summed E-state index contributed by atoms with van der Waals surface area (Å²) in [4.78, 5) is 13.1. The van der Waals surface area contributed by atoms with E-state index in [-0.39, 0.29) is 12.2 Å². The summed E-state index contributed by atoms with van der Waals surface area (Å²) >= 11 is 7.98. The van der Waals surface area contributed by atoms with Crippen LogP contribution < -0.4 is 4.90 Å². The van der Waals surface area contributed by atoms with Crippen LogP contribution in [0.1, 0.15) is 0 Å². The van der Waals surface area contributed by atoms with E-state index in [1.165, 1.54) is 0 Å². The standard InChI is InChI=1S/C10H9ClINO2/c11-7-1-3-8(4-2-7)13-6-9(5-12)15-10(13)14/h1-4,9H,5-6H2. The molecule has 5 heteroatoms. The van der Waals surface area contributed by atoms with Crippen molar-refractivity contribution in [3.63, 3.8) is 0 Å². The molecule has 0 spiro atoms. The van der Waals surface area contributed by atoms with E-state index < -0.39 is 0 Å². The number of carbonyl (C=O) groups is 1. The second-order valence-corrected chi connectivity index (χ2v) is 4.56. The van der Waals surface area contributed by atoms with Crippen molar-refractivity contribution in [2.24, 2.45) is 0 Å². The first-order valence-electron chi connectivity index (χ1n) is 4.50. The SMILES string of the molecule is O=C1OC(CI)CN1c1ccc(Cl)cc1. The van der Waals surface area contributed by atoms with Gasteiger partial charge < -0.3 is 4.74 Å². The van der Waals surface area contributed by atoms with Gasteiger partial charge in [-0.3, -0.25) is 4.90 Å². The van der Waals surface area contributed by atoms with Crippen molar-refractivity contribution < 1.29 is 9.53 Å². The van der Waals surface area contributed by atoms with Crippen molar-refractivity contribution in [3.8, 4) is 0 Å². The quantitative estimate of drug-likeness (QED) is 0.613. The Bertz CT molecular complexity index is 368. The molecule has 0 bridgehead atoms. The largest absolute Gasteiger partial charge is 0.443 e. The van der Waals surface area contributed by atoms with Gasteiger partial charge >= 0.3 is 6.09 Å². The summed E-state index contributed by atoms with van der Waals surface area (Å²) in [5, 5.41) is 0.664. The maximum absolute atomic E-state index is 11.5. The smallest absolute Gasteiger partial charge is 0.414 e. The van der Waals surface area contributed by atoms with E-state index in [1.807, 2.05) is 12.1 Å². The first kappa shape index (κ1) is 11.0. The Labute approximate surface area is 106 Å². The summed E-state index contributed by atoms with van der Waals surface area (Å²) in [5.74, 6) is 0. The minimum Gasteiger partial charge on any atom is -0.443 e. The first-order chi connectivity index (χ1) is 7.20. The average molecular weight is 338 g/mol. The summed E-state index contributed by atoms with van der Waals surface area (Å²) in [5.41, 5.74) is 0.830. The summed E-state index contributed by atoms with van der Waals surface area (Å²) in [6.07, 6.45) is -0.284. The topological polar surface area (TPSA) is 29.5 Å². The third-order valence-electron chi connectivity index (χ3n) is 2.18. The van der Waals surface area contributed by atoms with Gasteiger partial charge in [0.1, 0.15) is 6.10 Å². The van der Waals surface area contributed by atoms with Gasteiger partial charge in [-0.1, -0.05) is 34.2 Å². The molecule has 1 aromatic carbocycles. The molecule has 80 valence electrons. The first-order valence-corrected chi connectivity index (χ1v) is 6.41. The lowest BCUT2D eigenvalue weighted by molar-refractivity contribution is 0.153. The molecule has 1 fully saturated rings. The van der Waals surface area contributed by atoms with Crippen molar-refractivity contribution in [2.45, 2.75) is 6.10 Å². The van der Waals surface area contributed by atoms with Gasteiger partial charge in [0.25, 0.3) is 0 Å². The third-order valence-corrected chi connectivity index (χ3v) is 3.42. The van der Waals surface area contributed by atoms with Crippen molar-refractivity contribution in [2.75, 3.05) is 15.9 Å². The van der Waals surface area contributed by atoms with Gasteiger partial charge in [0, 0.05) is 15.1 Å². The van der Waals surface area contributed by atoms with Crippen molar-refractivity contribution >= 4 is 46.0 Å². The number of benzene rings is 1. The summed E-state index contributed by atoms with van der Waals surface area (Å²) in [7, 11) is 0. The van der Waals surface area contributed by atoms with Crippen molar-refractivity contribution in [1.29, 1.82) is 0 Å². The number of hydrogen-bond donors (Lipinski definition) is 0. The fourth-order valence-electron chi connectivity index (χ4n) is 1.43. The minimum atomic E-state index is -0.279. The zero-order valence-corrected chi connectivity index (χ0v) is 10.7. The van der Waals surface area contributed by atoms with E-state index >= 15 is 0 Å². The zero-order chi connectivity index (χ0) is 10.8. The van der Waals surface area contributed by atoms with E-state index in [9.17, 15) is 4.79 Å². The van der Waals surface area contributed by atoms with Crippen molar-refractivity contribution in [1.82, 2.24) is 0 Å². The number of hydrogen-bond acceptors (Lipinski definition) is 2. The average Bonchev–Trinajstić information content (AvgIpc) is 2.61. The van der Waals surface area contributed by atoms with Crippen LogP contribution in [0, 0.1) is 0 Å². The number of cyclic esters (lactones) is 1. The highest BCUT2D eigenvalue weighted by Gasteiger charge is 2.31. The van der Waals surface area contributed by atoms with Gasteiger partial charge in [-0.05, 0) is 24.3 Å². The van der Waals surface area contributed by atoms with Crippen LogP contribution in [0.5, 0.6) is 0 Å². The third kappa shape index (κ3) is 2.36. The van der Waals surface area contributed by atoms with Gasteiger partial charge in [0.05, 0.1) is 6.54 Å². The van der Waals surface area contributed by atoms with E-state index in [1.54, 1.807) is 17.0 Å². The van der Waals surface area contributed by atoms with Gasteiger partial charge in [0.2, 0.25) is 0 Å². The fraction of sp³-hybridized carbons (Fsp3) is 0.300. The molecule has 15 heavy (non-hydrogen) atoms. The maximum atomic E-state index is 11.5. The van der Waals surface area contributed by atoms with Gasteiger partial charge in [-0.25, -0.2) is 4.79 Å². The Hall–Kier alpha value is -0.490. The number of rotatable bonds is 2. The molecule has 1 aromatic rings. The lowest BCUT2D eigenvalue weighted by Crippen LogP contribution is -2.24. The highest BCUT2D eigenvalue weighted by atomic mass is 127.